The van der Waals surface area contributed by atoms with Crippen LogP contribution in [-0.4, -0.2) is 9.91 Å². The summed E-state index contributed by atoms with van der Waals surface area (Å²) in [6.07, 6.45) is -8.69. The number of nitrogens with two attached hydrogens (primary N) is 1. The highest BCUT2D eigenvalue weighted by atomic mass is 19.4. The highest BCUT2D eigenvalue weighted by Gasteiger charge is 2.42. The summed E-state index contributed by atoms with van der Waals surface area (Å²) in [6, 6.07) is 0.143. The number of nitrogens with zero attached hydrogens (tertiary/aromatic N) is 2. The molecule has 0 fully saturated rings. The molecule has 0 radical (unpaired) electrons. The van der Waals surface area contributed by atoms with E-state index in [9.17, 15) is 32.1 Å². The van der Waals surface area contributed by atoms with Crippen LogP contribution in [0, 0.1) is 10.1 Å². The normalized spacial score (nSPS) is 11.9. The second-order valence-electron chi connectivity index (χ2n) is 2.88. The van der Waals surface area contributed by atoms with Crippen LogP contribution in [0.2, 0.25) is 0 Å². The lowest BCUT2D eigenvalue weighted by molar-refractivity contribution is -0.389. The Kier molecular flexibility index (Phi) is 3.16. The summed E-state index contributed by atoms with van der Waals surface area (Å²) in [7, 11) is 0. The minimum absolute atomic E-state index is 0.143. The zero-order chi connectivity index (χ0) is 13.4. The van der Waals surface area contributed by atoms with E-state index in [-0.39, 0.29) is 6.07 Å². The van der Waals surface area contributed by atoms with Crippen LogP contribution in [0.15, 0.2) is 6.07 Å². The van der Waals surface area contributed by atoms with Crippen LogP contribution in [0.5, 0.6) is 0 Å². The van der Waals surface area contributed by atoms with Gasteiger partial charge in [-0.2, -0.15) is 13.2 Å². The Hall–Kier alpha value is -2.00. The fourth-order valence-electron chi connectivity index (χ4n) is 1.14. The summed E-state index contributed by atoms with van der Waals surface area (Å²) >= 11 is 0. The van der Waals surface area contributed by atoms with Crippen molar-refractivity contribution < 1.29 is 26.9 Å². The smallest absolute Gasteiger partial charge is 0.384 e. The molecule has 5 nitrogen and oxygen atoms in total. The Labute approximate surface area is 90.2 Å². The van der Waals surface area contributed by atoms with Crippen LogP contribution < -0.4 is 5.73 Å². The molecule has 0 bridgehead atoms. The quantitative estimate of drug-likeness (QED) is 0.501. The van der Waals surface area contributed by atoms with Gasteiger partial charge in [-0.3, -0.25) is 10.1 Å². The van der Waals surface area contributed by atoms with Crippen LogP contribution in [0.4, 0.5) is 33.5 Å². The maximum atomic E-state index is 12.4. The molecule has 0 amide bonds. The summed E-state index contributed by atoms with van der Waals surface area (Å²) in [6.45, 7) is 0. The Bertz CT molecular complexity index is 460. The third-order valence-electron chi connectivity index (χ3n) is 1.73. The van der Waals surface area contributed by atoms with Crippen molar-refractivity contribution in [1.29, 1.82) is 0 Å². The van der Waals surface area contributed by atoms with Crippen LogP contribution >= 0.6 is 0 Å². The highest BCUT2D eigenvalue weighted by Crippen LogP contribution is 2.40. The van der Waals surface area contributed by atoms with E-state index in [1.807, 2.05) is 0 Å². The van der Waals surface area contributed by atoms with Crippen LogP contribution in [0.3, 0.4) is 0 Å². The van der Waals surface area contributed by atoms with E-state index in [1.165, 1.54) is 0 Å². The van der Waals surface area contributed by atoms with Crippen molar-refractivity contribution in [3.63, 3.8) is 0 Å². The number of halogens is 5. The van der Waals surface area contributed by atoms with Gasteiger partial charge in [0.25, 0.3) is 6.43 Å². The standard InChI is InChI=1S/C7H4F5N3O2/c8-6(9)4-5(15(16)17)2(7(10,11)12)1-3(13)14-4/h1,6H,(H2,13,14). The van der Waals surface area contributed by atoms with Gasteiger partial charge in [0, 0.05) is 0 Å². The van der Waals surface area contributed by atoms with Crippen molar-refractivity contribution in [3.05, 3.63) is 27.4 Å². The van der Waals surface area contributed by atoms with Gasteiger partial charge in [0.2, 0.25) is 0 Å². The average molecular weight is 257 g/mol. The molecule has 0 aliphatic heterocycles. The van der Waals surface area contributed by atoms with E-state index in [1.54, 1.807) is 0 Å². The van der Waals surface area contributed by atoms with Crippen LogP contribution in [-0.2, 0) is 6.18 Å². The molecule has 1 rings (SSSR count). The van der Waals surface area contributed by atoms with Gasteiger partial charge < -0.3 is 5.73 Å². The largest absolute Gasteiger partial charge is 0.423 e. The van der Waals surface area contributed by atoms with Gasteiger partial charge in [-0.15, -0.1) is 0 Å². The first kappa shape index (κ1) is 13.1. The first-order valence-corrected chi connectivity index (χ1v) is 3.94. The summed E-state index contributed by atoms with van der Waals surface area (Å²) in [5, 5.41) is 10.4. The minimum atomic E-state index is -5.16. The monoisotopic (exact) mass is 257 g/mol. The Morgan fingerprint density at radius 2 is 1.94 bits per heavy atom. The lowest BCUT2D eigenvalue weighted by Crippen LogP contribution is -2.13. The molecule has 1 aromatic heterocycles. The predicted molar refractivity (Wildman–Crippen MR) is 45.3 cm³/mol. The third kappa shape index (κ3) is 2.57. The van der Waals surface area contributed by atoms with Crippen molar-refractivity contribution in [1.82, 2.24) is 4.98 Å². The third-order valence-corrected chi connectivity index (χ3v) is 1.73. The van der Waals surface area contributed by atoms with Crippen molar-refractivity contribution >= 4 is 11.5 Å². The van der Waals surface area contributed by atoms with Crippen molar-refractivity contribution in [2.75, 3.05) is 5.73 Å². The topological polar surface area (TPSA) is 82.0 Å². The van der Waals surface area contributed by atoms with E-state index in [0.29, 0.717) is 0 Å². The van der Waals surface area contributed by atoms with E-state index in [4.69, 9.17) is 5.73 Å². The fourth-order valence-corrected chi connectivity index (χ4v) is 1.14. The van der Waals surface area contributed by atoms with Crippen LogP contribution in [0.1, 0.15) is 17.7 Å². The molecule has 2 N–H and O–H groups in total. The molecule has 0 saturated carbocycles. The summed E-state index contributed by atoms with van der Waals surface area (Å²) in [4.78, 5) is 11.7. The second kappa shape index (κ2) is 4.11. The molecule has 94 valence electrons. The summed E-state index contributed by atoms with van der Waals surface area (Å²) in [5.74, 6) is -0.863. The molecule has 1 heterocycles. The number of aromatic nitrogens is 1. The molecule has 17 heavy (non-hydrogen) atoms. The molecular formula is C7H4F5N3O2. The van der Waals surface area contributed by atoms with Gasteiger partial charge in [0.15, 0.2) is 5.69 Å². The van der Waals surface area contributed by atoms with E-state index in [2.05, 4.69) is 4.98 Å². The molecule has 0 unspecified atom stereocenters. The Morgan fingerprint density at radius 1 is 1.41 bits per heavy atom. The van der Waals surface area contributed by atoms with Gasteiger partial charge in [-0.1, -0.05) is 0 Å². The SMILES string of the molecule is Nc1cc(C(F)(F)F)c([N+](=O)[O-])c(C(F)F)n1. The molecular weight excluding hydrogens is 253 g/mol. The number of hydrogen-bond donors (Lipinski definition) is 1. The first-order chi connectivity index (χ1) is 7.64. The molecule has 0 aromatic carbocycles. The lowest BCUT2D eigenvalue weighted by atomic mass is 10.1. The molecule has 10 heteroatoms. The van der Waals surface area contributed by atoms with Crippen molar-refractivity contribution in [2.24, 2.45) is 0 Å². The number of pyridine rings is 1. The number of rotatable bonds is 2. The lowest BCUT2D eigenvalue weighted by Gasteiger charge is -2.10. The number of nitrogen functional groups attached to an aromatic ring is 1. The number of anilines is 1. The zero-order valence-corrected chi connectivity index (χ0v) is 7.83. The molecule has 0 aliphatic rings. The Balaban J connectivity index is 3.64. The fraction of sp³-hybridized carbons (Fsp3) is 0.286. The van der Waals surface area contributed by atoms with Crippen molar-refractivity contribution in [3.8, 4) is 0 Å². The Morgan fingerprint density at radius 3 is 2.29 bits per heavy atom. The van der Waals surface area contributed by atoms with Crippen LogP contribution in [0.25, 0.3) is 0 Å². The molecule has 0 saturated heterocycles. The number of alkyl halides is 5. The predicted octanol–water partition coefficient (Wildman–Crippen LogP) is 2.53. The van der Waals surface area contributed by atoms with Gasteiger partial charge in [-0.05, 0) is 6.07 Å². The molecule has 1 aromatic rings. The minimum Gasteiger partial charge on any atom is -0.384 e. The van der Waals surface area contributed by atoms with Gasteiger partial charge in [0.05, 0.1) is 4.92 Å². The number of nitro groups is 1. The molecule has 0 spiro atoms. The molecule has 0 atom stereocenters. The first-order valence-electron chi connectivity index (χ1n) is 3.94. The summed E-state index contributed by atoms with van der Waals surface area (Å²) < 4.78 is 61.9. The summed E-state index contributed by atoms with van der Waals surface area (Å²) in [5.41, 5.74) is -0.318. The van der Waals surface area contributed by atoms with E-state index in [0.717, 1.165) is 0 Å². The number of hydrogen-bond acceptors (Lipinski definition) is 4. The van der Waals surface area contributed by atoms with Gasteiger partial charge >= 0.3 is 11.9 Å². The average Bonchev–Trinajstić information content (AvgIpc) is 2.14. The maximum absolute atomic E-state index is 12.4. The second-order valence-corrected chi connectivity index (χ2v) is 2.88. The van der Waals surface area contributed by atoms with Gasteiger partial charge in [-0.25, -0.2) is 13.8 Å². The van der Waals surface area contributed by atoms with E-state index >= 15 is 0 Å². The maximum Gasteiger partial charge on any atom is 0.423 e. The molecule has 0 aliphatic carbocycles. The van der Waals surface area contributed by atoms with E-state index < -0.39 is 40.3 Å². The highest BCUT2D eigenvalue weighted by molar-refractivity contribution is 5.52. The zero-order valence-electron chi connectivity index (χ0n) is 7.83. The van der Waals surface area contributed by atoms with Gasteiger partial charge in [0.1, 0.15) is 11.4 Å². The van der Waals surface area contributed by atoms with Crippen molar-refractivity contribution in [2.45, 2.75) is 12.6 Å².